The number of rotatable bonds is 5. The summed E-state index contributed by atoms with van der Waals surface area (Å²) < 4.78 is 20.8. The van der Waals surface area contributed by atoms with Crippen molar-refractivity contribution in [3.8, 4) is 11.4 Å². The minimum Gasteiger partial charge on any atom is -0.497 e. The minimum atomic E-state index is -0.364. The third-order valence-corrected chi connectivity index (χ3v) is 4.03. The van der Waals surface area contributed by atoms with Gasteiger partial charge in [-0.2, -0.15) is 5.10 Å². The third kappa shape index (κ3) is 3.06. The van der Waals surface area contributed by atoms with Crippen molar-refractivity contribution in [3.05, 3.63) is 72.6 Å². The molecule has 4 rings (SSSR count). The molecule has 0 bridgehead atoms. The highest BCUT2D eigenvalue weighted by atomic mass is 19.1. The fraction of sp³-hybridized carbons (Fsp3) is 0.105. The average Bonchev–Trinajstić information content (AvgIpc) is 3.16. The molecule has 0 amide bonds. The van der Waals surface area contributed by atoms with E-state index >= 15 is 0 Å². The van der Waals surface area contributed by atoms with E-state index in [1.54, 1.807) is 23.9 Å². The van der Waals surface area contributed by atoms with Gasteiger partial charge in [0.05, 0.1) is 25.0 Å². The average molecular weight is 349 g/mol. The zero-order chi connectivity index (χ0) is 17.9. The summed E-state index contributed by atoms with van der Waals surface area (Å²) in [6.45, 7) is 0.464. The third-order valence-electron chi connectivity index (χ3n) is 4.03. The van der Waals surface area contributed by atoms with Gasteiger partial charge in [0.25, 0.3) is 0 Å². The number of ether oxygens (including phenoxy) is 1. The molecule has 2 aromatic carbocycles. The van der Waals surface area contributed by atoms with E-state index in [0.29, 0.717) is 23.3 Å². The van der Waals surface area contributed by atoms with Crippen LogP contribution in [-0.4, -0.2) is 26.9 Å². The van der Waals surface area contributed by atoms with Gasteiger partial charge in [-0.05, 0) is 42.5 Å². The second kappa shape index (κ2) is 6.79. The van der Waals surface area contributed by atoms with Gasteiger partial charge in [-0.1, -0.05) is 6.07 Å². The van der Waals surface area contributed by atoms with Gasteiger partial charge in [0.15, 0.2) is 0 Å². The Labute approximate surface area is 149 Å². The standard InChI is InChI=1S/C19H16FN5O/c1-26-15-7-5-14(6-8-15)25-10-9-13(24-25)11-21-19-16-3-2-4-17(20)18(16)22-12-23-19/h2-10,12H,11H2,1H3,(H,21,22,23). The summed E-state index contributed by atoms with van der Waals surface area (Å²) in [6, 6.07) is 14.4. The lowest BCUT2D eigenvalue weighted by atomic mass is 10.2. The number of hydrogen-bond donors (Lipinski definition) is 1. The maximum Gasteiger partial charge on any atom is 0.149 e. The topological polar surface area (TPSA) is 64.9 Å². The lowest BCUT2D eigenvalue weighted by Crippen LogP contribution is -2.04. The summed E-state index contributed by atoms with van der Waals surface area (Å²) in [7, 11) is 1.63. The number of halogens is 1. The van der Waals surface area contributed by atoms with Gasteiger partial charge < -0.3 is 10.1 Å². The highest BCUT2D eigenvalue weighted by molar-refractivity contribution is 5.89. The zero-order valence-electron chi connectivity index (χ0n) is 14.1. The number of nitrogens with one attached hydrogen (secondary N) is 1. The normalized spacial score (nSPS) is 10.8. The van der Waals surface area contributed by atoms with Crippen LogP contribution in [0.5, 0.6) is 5.75 Å². The predicted octanol–water partition coefficient (Wildman–Crippen LogP) is 3.58. The summed E-state index contributed by atoms with van der Waals surface area (Å²) in [5.41, 5.74) is 2.07. The Bertz CT molecular complexity index is 1050. The van der Waals surface area contributed by atoms with Gasteiger partial charge in [0.2, 0.25) is 0 Å². The van der Waals surface area contributed by atoms with Crippen molar-refractivity contribution in [2.75, 3.05) is 12.4 Å². The molecule has 26 heavy (non-hydrogen) atoms. The van der Waals surface area contributed by atoms with E-state index in [2.05, 4.69) is 20.4 Å². The molecule has 6 nitrogen and oxygen atoms in total. The van der Waals surface area contributed by atoms with E-state index in [1.807, 2.05) is 36.5 Å². The first-order valence-electron chi connectivity index (χ1n) is 8.06. The number of benzene rings is 2. The van der Waals surface area contributed by atoms with Crippen molar-refractivity contribution in [2.24, 2.45) is 0 Å². The predicted molar refractivity (Wildman–Crippen MR) is 96.9 cm³/mol. The van der Waals surface area contributed by atoms with Crippen molar-refractivity contribution >= 4 is 16.7 Å². The molecule has 0 spiro atoms. The smallest absolute Gasteiger partial charge is 0.149 e. The number of hydrogen-bond acceptors (Lipinski definition) is 5. The minimum absolute atomic E-state index is 0.300. The van der Waals surface area contributed by atoms with E-state index < -0.39 is 0 Å². The SMILES string of the molecule is COc1ccc(-n2ccc(CNc3ncnc4c(F)cccc34)n2)cc1. The summed E-state index contributed by atoms with van der Waals surface area (Å²) >= 11 is 0. The highest BCUT2D eigenvalue weighted by Gasteiger charge is 2.08. The van der Waals surface area contributed by atoms with Crippen LogP contribution < -0.4 is 10.1 Å². The summed E-state index contributed by atoms with van der Waals surface area (Å²) in [5.74, 6) is 1.01. The fourth-order valence-electron chi connectivity index (χ4n) is 2.70. The number of aromatic nitrogens is 4. The van der Waals surface area contributed by atoms with E-state index in [9.17, 15) is 4.39 Å². The van der Waals surface area contributed by atoms with Crippen LogP contribution in [0.2, 0.25) is 0 Å². The zero-order valence-corrected chi connectivity index (χ0v) is 14.1. The molecule has 0 aliphatic rings. The van der Waals surface area contributed by atoms with Gasteiger partial charge in [-0.25, -0.2) is 19.0 Å². The molecule has 2 aromatic heterocycles. The molecule has 7 heteroatoms. The van der Waals surface area contributed by atoms with Crippen molar-refractivity contribution in [1.29, 1.82) is 0 Å². The van der Waals surface area contributed by atoms with Gasteiger partial charge in [0.1, 0.15) is 29.2 Å². The monoisotopic (exact) mass is 349 g/mol. The Morgan fingerprint density at radius 1 is 1.08 bits per heavy atom. The second-order valence-corrected chi connectivity index (χ2v) is 5.66. The Kier molecular flexibility index (Phi) is 4.18. The number of nitrogens with zero attached hydrogens (tertiary/aromatic N) is 4. The number of para-hydroxylation sites is 1. The largest absolute Gasteiger partial charge is 0.497 e. The molecule has 0 saturated carbocycles. The first-order valence-corrected chi connectivity index (χ1v) is 8.06. The Hall–Kier alpha value is -3.48. The molecule has 0 atom stereocenters. The van der Waals surface area contributed by atoms with Crippen molar-refractivity contribution in [3.63, 3.8) is 0 Å². The van der Waals surface area contributed by atoms with Crippen LogP contribution in [0.15, 0.2) is 61.1 Å². The highest BCUT2D eigenvalue weighted by Crippen LogP contribution is 2.21. The summed E-state index contributed by atoms with van der Waals surface area (Å²) in [5, 5.41) is 8.39. The molecule has 4 aromatic rings. The fourth-order valence-corrected chi connectivity index (χ4v) is 2.70. The van der Waals surface area contributed by atoms with Crippen LogP contribution in [0.25, 0.3) is 16.6 Å². The van der Waals surface area contributed by atoms with Crippen LogP contribution in [-0.2, 0) is 6.54 Å². The van der Waals surface area contributed by atoms with Crippen LogP contribution in [0.4, 0.5) is 10.2 Å². The Morgan fingerprint density at radius 3 is 2.73 bits per heavy atom. The van der Waals surface area contributed by atoms with E-state index in [0.717, 1.165) is 17.1 Å². The molecular weight excluding hydrogens is 333 g/mol. The second-order valence-electron chi connectivity index (χ2n) is 5.66. The van der Waals surface area contributed by atoms with E-state index in [4.69, 9.17) is 4.74 Å². The molecule has 0 saturated heterocycles. The lowest BCUT2D eigenvalue weighted by Gasteiger charge is -2.07. The Balaban J connectivity index is 1.52. The summed E-state index contributed by atoms with van der Waals surface area (Å²) in [6.07, 6.45) is 3.24. The van der Waals surface area contributed by atoms with E-state index in [1.165, 1.54) is 12.4 Å². The van der Waals surface area contributed by atoms with Gasteiger partial charge in [0, 0.05) is 11.6 Å². The van der Waals surface area contributed by atoms with Crippen LogP contribution >= 0.6 is 0 Å². The molecule has 2 heterocycles. The van der Waals surface area contributed by atoms with Gasteiger partial charge in [-0.15, -0.1) is 0 Å². The lowest BCUT2D eigenvalue weighted by molar-refractivity contribution is 0.414. The number of fused-ring (bicyclic) bond motifs is 1. The quantitative estimate of drug-likeness (QED) is 0.597. The molecule has 130 valence electrons. The maximum atomic E-state index is 13.8. The molecular formula is C19H16FN5O. The first kappa shape index (κ1) is 16.0. The van der Waals surface area contributed by atoms with Gasteiger partial charge in [-0.3, -0.25) is 0 Å². The van der Waals surface area contributed by atoms with Crippen LogP contribution in [0.1, 0.15) is 5.69 Å². The molecule has 0 fully saturated rings. The van der Waals surface area contributed by atoms with Crippen LogP contribution in [0.3, 0.4) is 0 Å². The molecule has 0 aliphatic carbocycles. The first-order chi connectivity index (χ1) is 12.7. The van der Waals surface area contributed by atoms with Crippen molar-refractivity contribution in [2.45, 2.75) is 6.54 Å². The van der Waals surface area contributed by atoms with Gasteiger partial charge >= 0.3 is 0 Å². The van der Waals surface area contributed by atoms with E-state index in [-0.39, 0.29) is 5.82 Å². The molecule has 0 aliphatic heterocycles. The molecule has 0 radical (unpaired) electrons. The molecule has 1 N–H and O–H groups in total. The summed E-state index contributed by atoms with van der Waals surface area (Å²) in [4.78, 5) is 8.21. The number of anilines is 1. The maximum absolute atomic E-state index is 13.8. The van der Waals surface area contributed by atoms with Crippen molar-refractivity contribution < 1.29 is 9.13 Å². The number of methoxy groups -OCH3 is 1. The Morgan fingerprint density at radius 2 is 1.92 bits per heavy atom. The van der Waals surface area contributed by atoms with Crippen LogP contribution in [0, 0.1) is 5.82 Å². The molecule has 0 unspecified atom stereocenters. The van der Waals surface area contributed by atoms with Crippen molar-refractivity contribution in [1.82, 2.24) is 19.7 Å².